The number of morpholine rings is 1. The van der Waals surface area contributed by atoms with Crippen molar-refractivity contribution >= 4 is 11.6 Å². The molecule has 4 rings (SSSR count). The van der Waals surface area contributed by atoms with E-state index in [0.29, 0.717) is 6.54 Å². The van der Waals surface area contributed by atoms with E-state index in [2.05, 4.69) is 15.1 Å². The summed E-state index contributed by atoms with van der Waals surface area (Å²) in [6.45, 7) is 3.87. The number of aromatic nitrogens is 2. The lowest BCUT2D eigenvalue weighted by atomic mass is 10.1. The van der Waals surface area contributed by atoms with Crippen LogP contribution in [-0.4, -0.2) is 54.4 Å². The van der Waals surface area contributed by atoms with Gasteiger partial charge in [-0.15, -0.1) is 0 Å². The molecule has 0 saturated carbocycles. The molecule has 1 aromatic heterocycles. The highest BCUT2D eigenvalue weighted by atomic mass is 16.5. The summed E-state index contributed by atoms with van der Waals surface area (Å²) in [5, 5.41) is 7.68. The van der Waals surface area contributed by atoms with E-state index in [1.165, 1.54) is 30.5 Å². The molecule has 1 aromatic carbocycles. The Morgan fingerprint density at radius 3 is 2.67 bits per heavy atom. The van der Waals surface area contributed by atoms with Gasteiger partial charge in [0.15, 0.2) is 0 Å². The summed E-state index contributed by atoms with van der Waals surface area (Å²) >= 11 is 0. The van der Waals surface area contributed by atoms with Crippen molar-refractivity contribution in [2.45, 2.75) is 38.6 Å². The number of hydrogen-bond acceptors (Lipinski definition) is 4. The Morgan fingerprint density at radius 1 is 1.15 bits per heavy atom. The Morgan fingerprint density at radius 2 is 1.89 bits per heavy atom. The molecular weight excluding hydrogens is 340 g/mol. The maximum atomic E-state index is 12.8. The van der Waals surface area contributed by atoms with Gasteiger partial charge < -0.3 is 14.5 Å². The molecule has 6 heteroatoms. The van der Waals surface area contributed by atoms with Gasteiger partial charge in [0.25, 0.3) is 5.91 Å². The van der Waals surface area contributed by atoms with E-state index in [1.54, 1.807) is 4.90 Å². The minimum Gasteiger partial charge on any atom is -0.378 e. The second kappa shape index (κ2) is 8.13. The second-order valence-corrected chi connectivity index (χ2v) is 7.50. The fraction of sp³-hybridized carbons (Fsp3) is 0.524. The summed E-state index contributed by atoms with van der Waals surface area (Å²) in [6, 6.07) is 7.92. The first kappa shape index (κ1) is 18.0. The van der Waals surface area contributed by atoms with E-state index in [4.69, 9.17) is 4.74 Å². The largest absolute Gasteiger partial charge is 0.378 e. The van der Waals surface area contributed by atoms with Gasteiger partial charge >= 0.3 is 0 Å². The molecule has 2 aromatic rings. The third-order valence-corrected chi connectivity index (χ3v) is 5.62. The number of aromatic amines is 1. The fourth-order valence-electron chi connectivity index (χ4n) is 4.01. The van der Waals surface area contributed by atoms with E-state index in [9.17, 15) is 4.79 Å². The van der Waals surface area contributed by atoms with Gasteiger partial charge in [-0.25, -0.2) is 0 Å². The molecule has 6 nitrogen and oxygen atoms in total. The molecule has 1 N–H and O–H groups in total. The van der Waals surface area contributed by atoms with Crippen molar-refractivity contribution in [3.8, 4) is 0 Å². The topological polar surface area (TPSA) is 61.5 Å². The first-order valence-electron chi connectivity index (χ1n) is 9.95. The highest BCUT2D eigenvalue weighted by Gasteiger charge is 2.20. The van der Waals surface area contributed by atoms with Crippen LogP contribution < -0.4 is 4.90 Å². The molecule has 0 bridgehead atoms. The van der Waals surface area contributed by atoms with Crippen molar-refractivity contribution in [1.29, 1.82) is 0 Å². The van der Waals surface area contributed by atoms with Crippen LogP contribution in [0.4, 0.5) is 5.69 Å². The second-order valence-electron chi connectivity index (χ2n) is 7.50. The van der Waals surface area contributed by atoms with E-state index in [0.717, 1.165) is 56.1 Å². The Hall–Kier alpha value is -2.34. The Bertz CT molecular complexity index is 778. The molecule has 1 saturated heterocycles. The number of hydrogen-bond donors (Lipinski definition) is 1. The standard InChI is InChI=1S/C21H28N4O2/c1-24(15-20-18-5-3-2-4-6-19(18)22-23-20)21(26)16-7-9-17(10-8-16)25-11-13-27-14-12-25/h7-10H,2-6,11-15H2,1H3,(H,22,23). The van der Waals surface area contributed by atoms with Crippen LogP contribution in [0.3, 0.4) is 0 Å². The molecule has 0 atom stereocenters. The molecule has 144 valence electrons. The van der Waals surface area contributed by atoms with Crippen molar-refractivity contribution in [2.75, 3.05) is 38.3 Å². The van der Waals surface area contributed by atoms with Crippen molar-refractivity contribution in [1.82, 2.24) is 15.1 Å². The van der Waals surface area contributed by atoms with Gasteiger partial charge in [-0.3, -0.25) is 9.89 Å². The molecule has 1 aliphatic heterocycles. The minimum absolute atomic E-state index is 0.0360. The summed E-state index contributed by atoms with van der Waals surface area (Å²) in [5.41, 5.74) is 5.48. The summed E-state index contributed by atoms with van der Waals surface area (Å²) in [7, 11) is 1.86. The molecule has 2 aliphatic rings. The van der Waals surface area contributed by atoms with Gasteiger partial charge in [-0.2, -0.15) is 5.10 Å². The smallest absolute Gasteiger partial charge is 0.253 e. The Kier molecular flexibility index (Phi) is 5.43. The zero-order valence-corrected chi connectivity index (χ0v) is 16.0. The number of rotatable bonds is 4. The third kappa shape index (κ3) is 4.00. The number of carbonyl (C=O) groups excluding carboxylic acids is 1. The number of ether oxygens (including phenoxy) is 1. The van der Waals surface area contributed by atoms with Gasteiger partial charge in [-0.05, 0) is 55.5 Å². The van der Waals surface area contributed by atoms with Gasteiger partial charge in [0.1, 0.15) is 0 Å². The van der Waals surface area contributed by atoms with Crippen LogP contribution in [0.1, 0.15) is 46.6 Å². The van der Waals surface area contributed by atoms with Gasteiger partial charge in [0, 0.05) is 37.1 Å². The molecule has 2 heterocycles. The molecule has 0 spiro atoms. The van der Waals surface area contributed by atoms with Gasteiger partial charge in [-0.1, -0.05) is 6.42 Å². The summed E-state index contributed by atoms with van der Waals surface area (Å²) in [4.78, 5) is 16.9. The zero-order chi connectivity index (χ0) is 18.6. The number of aryl methyl sites for hydroxylation is 1. The fourth-order valence-corrected chi connectivity index (χ4v) is 4.01. The van der Waals surface area contributed by atoms with Crippen LogP contribution in [0.2, 0.25) is 0 Å². The van der Waals surface area contributed by atoms with Crippen LogP contribution >= 0.6 is 0 Å². The lowest BCUT2D eigenvalue weighted by Gasteiger charge is -2.29. The number of carbonyl (C=O) groups is 1. The molecule has 0 radical (unpaired) electrons. The monoisotopic (exact) mass is 368 g/mol. The first-order chi connectivity index (χ1) is 13.2. The lowest BCUT2D eigenvalue weighted by molar-refractivity contribution is 0.0783. The normalized spacial score (nSPS) is 17.3. The molecule has 1 aliphatic carbocycles. The van der Waals surface area contributed by atoms with Crippen molar-refractivity contribution in [3.05, 3.63) is 46.8 Å². The predicted octanol–water partition coefficient (Wildman–Crippen LogP) is 2.79. The Balaban J connectivity index is 1.42. The maximum absolute atomic E-state index is 12.8. The molecule has 1 fully saturated rings. The average Bonchev–Trinajstić information content (AvgIpc) is 2.94. The highest BCUT2D eigenvalue weighted by molar-refractivity contribution is 5.94. The van der Waals surface area contributed by atoms with Crippen LogP contribution in [0.5, 0.6) is 0 Å². The van der Waals surface area contributed by atoms with Crippen LogP contribution in [0, 0.1) is 0 Å². The predicted molar refractivity (Wildman–Crippen MR) is 105 cm³/mol. The highest BCUT2D eigenvalue weighted by Crippen LogP contribution is 2.23. The number of amides is 1. The van der Waals surface area contributed by atoms with E-state index in [1.807, 2.05) is 31.3 Å². The number of H-pyrrole nitrogens is 1. The van der Waals surface area contributed by atoms with Crippen LogP contribution in [0.25, 0.3) is 0 Å². The zero-order valence-electron chi connectivity index (χ0n) is 16.0. The van der Waals surface area contributed by atoms with E-state index < -0.39 is 0 Å². The first-order valence-corrected chi connectivity index (χ1v) is 9.95. The average molecular weight is 368 g/mol. The van der Waals surface area contributed by atoms with Gasteiger partial charge in [0.2, 0.25) is 0 Å². The quantitative estimate of drug-likeness (QED) is 0.843. The van der Waals surface area contributed by atoms with Gasteiger partial charge in [0.05, 0.1) is 25.5 Å². The summed E-state index contributed by atoms with van der Waals surface area (Å²) in [6.07, 6.45) is 5.84. The molecular formula is C21H28N4O2. The van der Waals surface area contributed by atoms with E-state index in [-0.39, 0.29) is 5.91 Å². The number of fused-ring (bicyclic) bond motifs is 1. The third-order valence-electron chi connectivity index (χ3n) is 5.62. The Labute approximate surface area is 160 Å². The summed E-state index contributed by atoms with van der Waals surface area (Å²) < 4.78 is 5.40. The van der Waals surface area contributed by atoms with Crippen molar-refractivity contribution in [2.24, 2.45) is 0 Å². The summed E-state index contributed by atoms with van der Waals surface area (Å²) in [5.74, 6) is 0.0360. The van der Waals surface area contributed by atoms with Crippen molar-refractivity contribution < 1.29 is 9.53 Å². The maximum Gasteiger partial charge on any atom is 0.253 e. The van der Waals surface area contributed by atoms with Crippen LogP contribution in [-0.2, 0) is 24.1 Å². The molecule has 27 heavy (non-hydrogen) atoms. The van der Waals surface area contributed by atoms with Crippen LogP contribution in [0.15, 0.2) is 24.3 Å². The minimum atomic E-state index is 0.0360. The molecule has 0 unspecified atom stereocenters. The SMILES string of the molecule is CN(Cc1n[nH]c2c1CCCCC2)C(=O)c1ccc(N2CCOCC2)cc1. The molecule has 1 amide bonds. The number of anilines is 1. The number of nitrogens with zero attached hydrogens (tertiary/aromatic N) is 3. The lowest BCUT2D eigenvalue weighted by Crippen LogP contribution is -2.36. The number of nitrogens with one attached hydrogen (secondary N) is 1. The van der Waals surface area contributed by atoms with Crippen molar-refractivity contribution in [3.63, 3.8) is 0 Å². The van der Waals surface area contributed by atoms with E-state index >= 15 is 0 Å². The number of benzene rings is 1.